The van der Waals surface area contributed by atoms with Crippen LogP contribution in [-0.4, -0.2) is 170 Å². The molecule has 1 aromatic carbocycles. The lowest BCUT2D eigenvalue weighted by Crippen LogP contribution is -2.66. The minimum atomic E-state index is -5.60. The van der Waals surface area contributed by atoms with Gasteiger partial charge in [0, 0.05) is 20.0 Å². The van der Waals surface area contributed by atoms with Gasteiger partial charge < -0.3 is 57.1 Å². The molecule has 2 unspecified atom stereocenters. The van der Waals surface area contributed by atoms with Crippen molar-refractivity contribution in [3.8, 4) is 5.75 Å². The molecule has 0 saturated carbocycles. The van der Waals surface area contributed by atoms with Crippen LogP contribution < -0.4 is 37.5 Å². The van der Waals surface area contributed by atoms with E-state index in [1.807, 2.05) is 5.32 Å². The number of nitrogens with one attached hydrogen (secondary N) is 4. The molecule has 30 heteroatoms. The Kier molecular flexibility index (Phi) is 22.2. The summed E-state index contributed by atoms with van der Waals surface area (Å²) in [6.07, 6.45) is -6.45. The summed E-state index contributed by atoms with van der Waals surface area (Å²) in [6.45, 7) is 5.98. The van der Waals surface area contributed by atoms with Crippen molar-refractivity contribution in [2.45, 2.75) is 134 Å². The molecule has 2 heterocycles. The smallest absolute Gasteiger partial charge is 0.398 e. The first-order valence-corrected chi connectivity index (χ1v) is 25.5. The zero-order valence-corrected chi connectivity index (χ0v) is 42.5. The van der Waals surface area contributed by atoms with Crippen molar-refractivity contribution in [2.75, 3.05) is 27.3 Å². The zero-order valence-electron chi connectivity index (χ0n) is 40.1. The van der Waals surface area contributed by atoms with Crippen molar-refractivity contribution < 1.29 is 82.4 Å². The van der Waals surface area contributed by atoms with Gasteiger partial charge in [-0.3, -0.25) is 42.9 Å². The Morgan fingerprint density at radius 3 is 2.17 bits per heavy atom. The van der Waals surface area contributed by atoms with Crippen molar-refractivity contribution in [3.05, 3.63) is 28.8 Å². The fraction of sp³-hybridized carbons (Fsp3) is 0.659. The zero-order chi connectivity index (χ0) is 53.7. The van der Waals surface area contributed by atoms with Crippen LogP contribution in [0.1, 0.15) is 78.7 Å². The number of hydrogen-bond donors (Lipinski definition) is 9. The average Bonchev–Trinajstić information content (AvgIpc) is 3.28. The number of fused-ring (bicyclic) bond motifs is 2. The third kappa shape index (κ3) is 17.4. The molecule has 0 aromatic heterocycles. The minimum Gasteiger partial charge on any atom is -0.495 e. The van der Waals surface area contributed by atoms with Crippen LogP contribution in [-0.2, 0) is 73.9 Å². The van der Waals surface area contributed by atoms with E-state index in [1.165, 1.54) is 26.3 Å². The van der Waals surface area contributed by atoms with Crippen LogP contribution >= 0.6 is 11.6 Å². The summed E-state index contributed by atoms with van der Waals surface area (Å²) in [5, 5.41) is 21.2. The summed E-state index contributed by atoms with van der Waals surface area (Å²) in [5.74, 6) is -9.37. The number of carbonyl (C=O) groups is 7. The second-order valence-corrected chi connectivity index (χ2v) is 19.6. The van der Waals surface area contributed by atoms with Crippen LogP contribution in [0.3, 0.4) is 0 Å². The fourth-order valence-electron chi connectivity index (χ4n) is 7.68. The number of benzene rings is 1. The Balaban J connectivity index is 2.32. The summed E-state index contributed by atoms with van der Waals surface area (Å²) in [5.41, 5.74) is 11.3. The quantitative estimate of drug-likeness (QED) is 0.0254. The molecule has 0 spiro atoms. The van der Waals surface area contributed by atoms with Gasteiger partial charge >= 0.3 is 26.8 Å². The number of piperidine rings is 1. The summed E-state index contributed by atoms with van der Waals surface area (Å²) in [7, 11) is -8.30. The molecule has 2 saturated heterocycles. The molecule has 11 atom stereocenters. The second kappa shape index (κ2) is 26.3. The molecule has 27 nitrogen and oxygen atoms in total. The van der Waals surface area contributed by atoms with E-state index in [-0.39, 0.29) is 62.5 Å². The standard InChI is InChI=1S/C41H64ClN9O18S2/c1-8-20(3)31-40(59)68-22(5)32(49-36(55)29(69-71(63,64)65)19-67-70(60,61)62)37(56)46-25(11-10-16-45-41(43)44)34(53)47-26-13-15-30(52)51(38(26)57)33(21(4)9-2)39(58)50(6)27(35(54)48-31)18-23-12-14-28(66-7)24(42)17-23/h12,14,17,20-22,25-27,29-33,52H,8-11,13,15-16,18-19H2,1-7H3,(H,46,56)(H,47,53)(H,48,54)(H,49,55)(H4,43,44,45)(H,60,61,62)(H,63,64,65)/t20-,21-,22-,25?,26-,27?,29+,30+,31-,32-,33+/m0/s1. The number of guanidine groups is 1. The van der Waals surface area contributed by atoms with Crippen molar-refractivity contribution in [3.63, 3.8) is 0 Å². The summed E-state index contributed by atoms with van der Waals surface area (Å²) in [6, 6.07) is -5.13. The number of nitrogens with two attached hydrogens (primary N) is 2. The number of esters is 1. The van der Waals surface area contributed by atoms with E-state index in [2.05, 4.69) is 29.3 Å². The number of likely N-dealkylation sites (N-methyl/N-ethyl adjacent to an activating group) is 1. The number of cyclic esters (lactones) is 1. The molecule has 2 bridgehead atoms. The van der Waals surface area contributed by atoms with Gasteiger partial charge in [-0.1, -0.05) is 58.2 Å². The van der Waals surface area contributed by atoms with E-state index in [0.29, 0.717) is 11.3 Å². The lowest BCUT2D eigenvalue weighted by atomic mass is 9.91. The van der Waals surface area contributed by atoms with E-state index in [9.17, 15) is 60.1 Å². The summed E-state index contributed by atoms with van der Waals surface area (Å²) < 4.78 is 84.0. The molecule has 71 heavy (non-hydrogen) atoms. The maximum Gasteiger partial charge on any atom is 0.398 e. The third-order valence-electron chi connectivity index (χ3n) is 12.0. The average molecular weight is 1070 g/mol. The van der Waals surface area contributed by atoms with Gasteiger partial charge in [0.05, 0.1) is 12.1 Å². The first-order valence-electron chi connectivity index (χ1n) is 22.4. The molecule has 0 aliphatic carbocycles. The number of ether oxygens (including phenoxy) is 2. The molecular weight excluding hydrogens is 1010 g/mol. The Morgan fingerprint density at radius 1 is 0.958 bits per heavy atom. The van der Waals surface area contributed by atoms with Gasteiger partial charge in [0.1, 0.15) is 60.9 Å². The van der Waals surface area contributed by atoms with Crippen molar-refractivity contribution in [2.24, 2.45) is 28.3 Å². The molecule has 2 aliphatic heterocycles. The third-order valence-corrected chi connectivity index (χ3v) is 13.2. The highest BCUT2D eigenvalue weighted by Crippen LogP contribution is 2.29. The Bertz CT molecular complexity index is 2360. The summed E-state index contributed by atoms with van der Waals surface area (Å²) in [4.78, 5) is 107. The van der Waals surface area contributed by atoms with Gasteiger partial charge in [-0.2, -0.15) is 16.8 Å². The number of halogens is 1. The molecule has 11 N–H and O–H groups in total. The number of aliphatic imine (C=N–C) groups is 1. The monoisotopic (exact) mass is 1070 g/mol. The minimum absolute atomic E-state index is 0.0182. The van der Waals surface area contributed by atoms with Gasteiger partial charge in [-0.05, 0) is 62.1 Å². The molecule has 0 radical (unpaired) electrons. The Labute approximate surface area is 416 Å². The highest BCUT2D eigenvalue weighted by molar-refractivity contribution is 7.81. The number of aliphatic hydroxyl groups is 1. The van der Waals surface area contributed by atoms with Crippen molar-refractivity contribution in [1.29, 1.82) is 0 Å². The number of amides is 6. The first kappa shape index (κ1) is 59.9. The predicted octanol–water partition coefficient (Wildman–Crippen LogP) is -1.93. The van der Waals surface area contributed by atoms with Crippen LogP contribution in [0.5, 0.6) is 5.75 Å². The lowest BCUT2D eigenvalue weighted by molar-refractivity contribution is -0.168. The highest BCUT2D eigenvalue weighted by Gasteiger charge is 2.47. The molecule has 400 valence electrons. The van der Waals surface area contributed by atoms with Gasteiger partial charge in [-0.25, -0.2) is 13.2 Å². The van der Waals surface area contributed by atoms with Crippen molar-refractivity contribution >= 4 is 79.8 Å². The normalized spacial score (nSPS) is 25.7. The van der Waals surface area contributed by atoms with Gasteiger partial charge in [0.25, 0.3) is 5.91 Å². The van der Waals surface area contributed by atoms with Crippen LogP contribution in [0.2, 0.25) is 5.02 Å². The van der Waals surface area contributed by atoms with E-state index < -0.39 is 135 Å². The van der Waals surface area contributed by atoms with Crippen molar-refractivity contribution in [1.82, 2.24) is 31.1 Å². The molecule has 2 aliphatic rings. The van der Waals surface area contributed by atoms with E-state index in [4.69, 9.17) is 37.1 Å². The molecule has 6 amide bonds. The first-order chi connectivity index (χ1) is 33.0. The number of methoxy groups -OCH3 is 1. The maximum absolute atomic E-state index is 15.0. The number of carbonyl (C=O) groups excluding carboxylic acids is 7. The SMILES string of the molecule is CC[C@H](C)[C@@H]1NC(=O)C(Cc2ccc(OC)c(Cl)c2)N(C)C(=O)[C@@H]([C@@H](C)CC)N2C(=O)[C@H](CC[C@H]2O)NC(=O)C(CCCN=C(N)N)NC(=O)[C@@H](NC(=O)[C@@H](COS(=O)(=O)O)OS(=O)(=O)O)[C@H](C)OC1=O. The van der Waals surface area contributed by atoms with Gasteiger partial charge in [0.15, 0.2) is 12.1 Å². The Morgan fingerprint density at radius 2 is 1.61 bits per heavy atom. The molecular formula is C41H64ClN9O18S2. The second-order valence-electron chi connectivity index (χ2n) is 17.1. The van der Waals surface area contributed by atoms with Crippen LogP contribution in [0, 0.1) is 11.8 Å². The maximum atomic E-state index is 15.0. The van der Waals surface area contributed by atoms with E-state index in [0.717, 1.165) is 16.7 Å². The number of hydrogen-bond acceptors (Lipinski definition) is 17. The van der Waals surface area contributed by atoms with Gasteiger partial charge in [0.2, 0.25) is 29.5 Å². The van der Waals surface area contributed by atoms with Crippen LogP contribution in [0.4, 0.5) is 0 Å². The van der Waals surface area contributed by atoms with Gasteiger partial charge in [-0.15, -0.1) is 0 Å². The Hall–Kier alpha value is -5.43. The van der Waals surface area contributed by atoms with E-state index >= 15 is 0 Å². The fourth-order valence-corrected chi connectivity index (χ4v) is 8.69. The number of nitrogens with zero attached hydrogens (tertiary/aromatic N) is 3. The predicted molar refractivity (Wildman–Crippen MR) is 250 cm³/mol. The number of aliphatic hydroxyl groups excluding tert-OH is 1. The largest absolute Gasteiger partial charge is 0.495 e. The number of rotatable bonds is 18. The van der Waals surface area contributed by atoms with Crippen LogP contribution in [0.25, 0.3) is 0 Å². The molecule has 3 rings (SSSR count). The highest BCUT2D eigenvalue weighted by atomic mass is 35.5. The van der Waals surface area contributed by atoms with E-state index in [1.54, 1.807) is 33.8 Å². The molecule has 2 fully saturated rings. The van der Waals surface area contributed by atoms with Crippen LogP contribution in [0.15, 0.2) is 23.2 Å². The summed E-state index contributed by atoms with van der Waals surface area (Å²) >= 11 is 6.45. The lowest BCUT2D eigenvalue weighted by Gasteiger charge is -2.44. The molecule has 1 aromatic rings. The topological polar surface area (TPSA) is 404 Å².